The van der Waals surface area contributed by atoms with Crippen LogP contribution in [0.5, 0.6) is 5.75 Å². The van der Waals surface area contributed by atoms with Gasteiger partial charge in [0.25, 0.3) is 0 Å². The van der Waals surface area contributed by atoms with Crippen molar-refractivity contribution in [2.24, 2.45) is 0 Å². The SMILES string of the molecule is COc1ccccc1C[P+](=O)C1(C)CCCCC1. The lowest BCUT2D eigenvalue weighted by atomic mass is 9.90. The molecule has 0 aromatic heterocycles. The summed E-state index contributed by atoms with van der Waals surface area (Å²) in [6.45, 7) is 2.19. The average Bonchev–Trinajstić information content (AvgIpc) is 2.40. The molecule has 2 nitrogen and oxygen atoms in total. The molecule has 1 fully saturated rings. The van der Waals surface area contributed by atoms with E-state index in [0.717, 1.165) is 24.2 Å². The van der Waals surface area contributed by atoms with Gasteiger partial charge in [0.2, 0.25) is 0 Å². The van der Waals surface area contributed by atoms with Crippen LogP contribution < -0.4 is 4.74 Å². The third-order valence-corrected chi connectivity index (χ3v) is 6.32. The first kappa shape index (κ1) is 13.5. The first-order valence-electron chi connectivity index (χ1n) is 6.72. The molecule has 0 heterocycles. The second kappa shape index (κ2) is 5.84. The van der Waals surface area contributed by atoms with E-state index in [-0.39, 0.29) is 5.16 Å². The maximum atomic E-state index is 12.7. The van der Waals surface area contributed by atoms with E-state index in [1.807, 2.05) is 24.3 Å². The molecule has 18 heavy (non-hydrogen) atoms. The summed E-state index contributed by atoms with van der Waals surface area (Å²) in [7, 11) is 0.466. The van der Waals surface area contributed by atoms with Crippen molar-refractivity contribution in [2.75, 3.05) is 7.11 Å². The van der Waals surface area contributed by atoms with E-state index in [0.29, 0.717) is 6.16 Å². The Hall–Kier alpha value is -0.880. The lowest BCUT2D eigenvalue weighted by molar-refractivity contribution is 0.398. The quantitative estimate of drug-likeness (QED) is 0.735. The maximum Gasteiger partial charge on any atom is 0.349 e. The molecule has 0 amide bonds. The highest BCUT2D eigenvalue weighted by Crippen LogP contribution is 2.51. The van der Waals surface area contributed by atoms with Gasteiger partial charge in [-0.1, -0.05) is 29.2 Å². The number of rotatable bonds is 4. The zero-order valence-corrected chi connectivity index (χ0v) is 12.2. The maximum absolute atomic E-state index is 12.7. The Bertz CT molecular complexity index is 422. The molecule has 1 aromatic rings. The summed E-state index contributed by atoms with van der Waals surface area (Å²) < 4.78 is 18.0. The van der Waals surface area contributed by atoms with E-state index in [1.54, 1.807) is 7.11 Å². The summed E-state index contributed by atoms with van der Waals surface area (Å²) in [4.78, 5) is 0. The van der Waals surface area contributed by atoms with Gasteiger partial charge in [0.05, 0.1) is 7.11 Å². The number of para-hydroxylation sites is 1. The van der Waals surface area contributed by atoms with Gasteiger partial charge in [-0.2, -0.15) is 0 Å². The van der Waals surface area contributed by atoms with Crippen LogP contribution >= 0.6 is 7.80 Å². The molecule has 0 bridgehead atoms. The summed E-state index contributed by atoms with van der Waals surface area (Å²) in [5, 5.41) is 0.0361. The Kier molecular flexibility index (Phi) is 4.40. The van der Waals surface area contributed by atoms with Gasteiger partial charge in [0.15, 0.2) is 11.3 Å². The summed E-state index contributed by atoms with van der Waals surface area (Å²) in [6, 6.07) is 7.92. The second-order valence-electron chi connectivity index (χ2n) is 5.41. The van der Waals surface area contributed by atoms with Crippen molar-refractivity contribution in [1.82, 2.24) is 0 Å². The topological polar surface area (TPSA) is 26.3 Å². The summed E-state index contributed by atoms with van der Waals surface area (Å²) in [5.74, 6) is 0.861. The van der Waals surface area contributed by atoms with Crippen LogP contribution in [0.1, 0.15) is 44.6 Å². The molecule has 1 aromatic carbocycles. The largest absolute Gasteiger partial charge is 0.496 e. The minimum atomic E-state index is -1.21. The standard InChI is InChI=1S/C15H22O2P/c1-15(10-6-3-7-11-15)18(16)12-13-8-4-5-9-14(13)17-2/h4-5,8-9H,3,6-7,10-12H2,1-2H3/q+1. The first-order valence-corrected chi connectivity index (χ1v) is 8.17. The zero-order chi connectivity index (χ0) is 13.0. The molecule has 0 radical (unpaired) electrons. The van der Waals surface area contributed by atoms with Gasteiger partial charge < -0.3 is 4.74 Å². The predicted octanol–water partition coefficient (Wildman–Crippen LogP) is 4.75. The van der Waals surface area contributed by atoms with Crippen LogP contribution in [0, 0.1) is 0 Å². The van der Waals surface area contributed by atoms with Crippen molar-refractivity contribution in [2.45, 2.75) is 50.3 Å². The minimum Gasteiger partial charge on any atom is -0.496 e. The lowest BCUT2D eigenvalue weighted by Crippen LogP contribution is -2.23. The minimum absolute atomic E-state index is 0.0361. The van der Waals surface area contributed by atoms with Crippen molar-refractivity contribution in [3.8, 4) is 5.75 Å². The molecule has 0 aliphatic heterocycles. The van der Waals surface area contributed by atoms with E-state index in [4.69, 9.17) is 4.74 Å². The number of ether oxygens (including phenoxy) is 1. The van der Waals surface area contributed by atoms with Crippen LogP contribution in [0.25, 0.3) is 0 Å². The number of benzene rings is 1. The molecule has 98 valence electrons. The Morgan fingerprint density at radius 3 is 2.56 bits per heavy atom. The Labute approximate surface area is 111 Å². The van der Waals surface area contributed by atoms with E-state index >= 15 is 0 Å². The average molecular weight is 265 g/mol. The fourth-order valence-electron chi connectivity index (χ4n) is 2.74. The molecule has 3 heteroatoms. The predicted molar refractivity (Wildman–Crippen MR) is 75.8 cm³/mol. The summed E-state index contributed by atoms with van der Waals surface area (Å²) >= 11 is 0. The molecule has 2 rings (SSSR count). The number of methoxy groups -OCH3 is 1. The molecule has 0 saturated heterocycles. The smallest absolute Gasteiger partial charge is 0.349 e. The van der Waals surface area contributed by atoms with Gasteiger partial charge in [0, 0.05) is 5.56 Å². The van der Waals surface area contributed by atoms with Gasteiger partial charge in [-0.05, 0) is 38.7 Å². The second-order valence-corrected chi connectivity index (χ2v) is 7.56. The molecule has 1 unspecified atom stereocenters. The number of hydrogen-bond donors (Lipinski definition) is 0. The van der Waals surface area contributed by atoms with Crippen LogP contribution in [0.2, 0.25) is 0 Å². The van der Waals surface area contributed by atoms with E-state index in [1.165, 1.54) is 19.3 Å². The van der Waals surface area contributed by atoms with Crippen molar-refractivity contribution in [3.05, 3.63) is 29.8 Å². The van der Waals surface area contributed by atoms with E-state index in [9.17, 15) is 4.57 Å². The van der Waals surface area contributed by atoms with E-state index in [2.05, 4.69) is 6.92 Å². The van der Waals surface area contributed by atoms with Crippen molar-refractivity contribution in [3.63, 3.8) is 0 Å². The van der Waals surface area contributed by atoms with Crippen LogP contribution in [-0.4, -0.2) is 12.3 Å². The van der Waals surface area contributed by atoms with Crippen LogP contribution in [0.3, 0.4) is 0 Å². The molecule has 0 spiro atoms. The summed E-state index contributed by atoms with van der Waals surface area (Å²) in [5.41, 5.74) is 1.08. The first-order chi connectivity index (χ1) is 8.65. The highest BCUT2D eigenvalue weighted by atomic mass is 31.1. The molecule has 1 atom stereocenters. The Balaban J connectivity index is 2.10. The van der Waals surface area contributed by atoms with Crippen LogP contribution in [0.4, 0.5) is 0 Å². The van der Waals surface area contributed by atoms with Crippen molar-refractivity contribution < 1.29 is 9.30 Å². The molecular weight excluding hydrogens is 243 g/mol. The van der Waals surface area contributed by atoms with Gasteiger partial charge in [-0.15, -0.1) is 0 Å². The van der Waals surface area contributed by atoms with Crippen LogP contribution in [-0.2, 0) is 10.7 Å². The molecular formula is C15H22O2P+. The van der Waals surface area contributed by atoms with Gasteiger partial charge >= 0.3 is 7.80 Å². The molecule has 1 saturated carbocycles. The normalized spacial score (nSPS) is 19.3. The van der Waals surface area contributed by atoms with Crippen molar-refractivity contribution in [1.29, 1.82) is 0 Å². The zero-order valence-electron chi connectivity index (χ0n) is 11.3. The van der Waals surface area contributed by atoms with Gasteiger partial charge in [-0.3, -0.25) is 0 Å². The third kappa shape index (κ3) is 2.92. The Morgan fingerprint density at radius 1 is 1.22 bits per heavy atom. The molecule has 0 N–H and O–H groups in total. The van der Waals surface area contributed by atoms with E-state index < -0.39 is 7.80 Å². The fourth-order valence-corrected chi connectivity index (χ4v) is 4.51. The third-order valence-electron chi connectivity index (χ3n) is 4.04. The highest BCUT2D eigenvalue weighted by molar-refractivity contribution is 7.45. The number of hydrogen-bond acceptors (Lipinski definition) is 2. The van der Waals surface area contributed by atoms with Crippen LogP contribution in [0.15, 0.2) is 24.3 Å². The lowest BCUT2D eigenvalue weighted by Gasteiger charge is -2.24. The monoisotopic (exact) mass is 265 g/mol. The molecule has 1 aliphatic carbocycles. The summed E-state index contributed by atoms with van der Waals surface area (Å²) in [6.07, 6.45) is 6.62. The fraction of sp³-hybridized carbons (Fsp3) is 0.600. The molecule has 1 aliphatic rings. The van der Waals surface area contributed by atoms with Crippen molar-refractivity contribution >= 4 is 7.80 Å². The Morgan fingerprint density at radius 2 is 1.89 bits per heavy atom. The highest BCUT2D eigenvalue weighted by Gasteiger charge is 2.44. The van der Waals surface area contributed by atoms with Gasteiger partial charge in [-0.25, -0.2) is 0 Å². The van der Waals surface area contributed by atoms with Gasteiger partial charge in [0.1, 0.15) is 5.75 Å².